The average molecular weight is 324 g/mol. The fraction of sp³-hybridized carbons (Fsp3) is 0.263. The summed E-state index contributed by atoms with van der Waals surface area (Å²) in [4.78, 5) is 23.4. The molecule has 0 bridgehead atoms. The number of hydrogen-bond acceptors (Lipinski definition) is 3. The van der Waals surface area contributed by atoms with Gasteiger partial charge in [0.25, 0.3) is 0 Å². The molecule has 5 heteroatoms. The summed E-state index contributed by atoms with van der Waals surface area (Å²) in [6, 6.07) is 13.8. The number of anilines is 2. The van der Waals surface area contributed by atoms with Gasteiger partial charge in [0.1, 0.15) is 5.75 Å². The van der Waals surface area contributed by atoms with Crippen LogP contribution in [0.3, 0.4) is 0 Å². The Hall–Kier alpha value is -2.82. The highest BCUT2D eigenvalue weighted by atomic mass is 16.5. The maximum absolute atomic E-state index is 12.0. The van der Waals surface area contributed by atoms with Crippen LogP contribution in [0.2, 0.25) is 0 Å². The molecule has 2 aromatic rings. The molecule has 0 atom stereocenters. The molecule has 0 spiro atoms. The van der Waals surface area contributed by atoms with E-state index in [2.05, 4.69) is 10.6 Å². The molecule has 2 amide bonds. The lowest BCUT2D eigenvalue weighted by Crippen LogP contribution is -2.19. The first-order chi connectivity index (χ1) is 11.6. The summed E-state index contributed by atoms with van der Waals surface area (Å²) in [5, 5.41) is 5.47. The van der Waals surface area contributed by atoms with E-state index in [0.717, 1.165) is 12.4 Å². The number of ether oxygens (including phenoxy) is 1. The molecular formula is C19H20N2O3. The zero-order valence-electron chi connectivity index (χ0n) is 13.5. The molecule has 5 nitrogen and oxygen atoms in total. The first kappa shape index (κ1) is 16.1. The van der Waals surface area contributed by atoms with Gasteiger partial charge in [-0.3, -0.25) is 4.79 Å². The van der Waals surface area contributed by atoms with Crippen molar-refractivity contribution in [2.45, 2.75) is 19.8 Å². The van der Waals surface area contributed by atoms with Gasteiger partial charge in [-0.1, -0.05) is 12.1 Å². The van der Waals surface area contributed by atoms with E-state index in [0.29, 0.717) is 22.9 Å². The normalized spacial score (nSPS) is 13.2. The molecule has 3 rings (SSSR count). The lowest BCUT2D eigenvalue weighted by atomic mass is 10.1. The third-order valence-corrected chi connectivity index (χ3v) is 3.82. The van der Waals surface area contributed by atoms with Gasteiger partial charge >= 0.3 is 6.03 Å². The minimum absolute atomic E-state index is 0.0409. The lowest BCUT2D eigenvalue weighted by Gasteiger charge is -2.10. The number of carbonyl (C=O) groups excluding carboxylic acids is 2. The van der Waals surface area contributed by atoms with E-state index in [4.69, 9.17) is 4.74 Å². The Morgan fingerprint density at radius 2 is 1.75 bits per heavy atom. The van der Waals surface area contributed by atoms with Crippen molar-refractivity contribution in [3.05, 3.63) is 54.1 Å². The summed E-state index contributed by atoms with van der Waals surface area (Å²) in [6.07, 6.45) is 2.51. The maximum atomic E-state index is 12.0. The zero-order chi connectivity index (χ0) is 16.9. The molecule has 1 aliphatic rings. The second kappa shape index (κ2) is 7.17. The number of nitrogens with one attached hydrogen (secondary N) is 2. The topological polar surface area (TPSA) is 67.4 Å². The highest BCUT2D eigenvalue weighted by Crippen LogP contribution is 2.29. The first-order valence-electron chi connectivity index (χ1n) is 8.02. The SMILES string of the molecule is CC(=O)c1cccc(NC(=O)Nc2ccc(OCC3CC3)cc2)c1. The fourth-order valence-electron chi connectivity index (χ4n) is 2.24. The van der Waals surface area contributed by atoms with Crippen LogP contribution in [0.1, 0.15) is 30.1 Å². The van der Waals surface area contributed by atoms with Crippen molar-refractivity contribution in [2.24, 2.45) is 5.92 Å². The average Bonchev–Trinajstić information content (AvgIpc) is 3.39. The van der Waals surface area contributed by atoms with Crippen molar-refractivity contribution >= 4 is 23.2 Å². The van der Waals surface area contributed by atoms with Crippen LogP contribution in [0.5, 0.6) is 5.75 Å². The Labute approximate surface area is 141 Å². The minimum atomic E-state index is -0.359. The largest absolute Gasteiger partial charge is 0.493 e. The minimum Gasteiger partial charge on any atom is -0.493 e. The monoisotopic (exact) mass is 324 g/mol. The number of amides is 2. The molecule has 0 radical (unpaired) electrons. The van der Waals surface area contributed by atoms with Crippen molar-refractivity contribution in [3.63, 3.8) is 0 Å². The number of hydrogen-bond donors (Lipinski definition) is 2. The van der Waals surface area contributed by atoms with Crippen LogP contribution >= 0.6 is 0 Å². The highest BCUT2D eigenvalue weighted by molar-refractivity contribution is 6.01. The van der Waals surface area contributed by atoms with E-state index in [-0.39, 0.29) is 11.8 Å². The predicted octanol–water partition coefficient (Wildman–Crippen LogP) is 4.32. The van der Waals surface area contributed by atoms with Gasteiger partial charge < -0.3 is 15.4 Å². The fourth-order valence-corrected chi connectivity index (χ4v) is 2.24. The molecule has 1 aliphatic carbocycles. The Balaban J connectivity index is 1.54. The number of Topliss-reactive ketones (excluding diaryl/α,β-unsaturated/α-hetero) is 1. The molecule has 0 unspecified atom stereocenters. The van der Waals surface area contributed by atoms with Crippen molar-refractivity contribution in [3.8, 4) is 5.75 Å². The first-order valence-corrected chi connectivity index (χ1v) is 8.02. The van der Waals surface area contributed by atoms with Gasteiger partial charge in [0.2, 0.25) is 0 Å². The van der Waals surface area contributed by atoms with Crippen molar-refractivity contribution in [1.82, 2.24) is 0 Å². The Kier molecular flexibility index (Phi) is 4.79. The van der Waals surface area contributed by atoms with Crippen LogP contribution in [0, 0.1) is 5.92 Å². The number of carbonyl (C=O) groups is 2. The molecule has 2 aromatic carbocycles. The van der Waals surface area contributed by atoms with Crippen LogP contribution < -0.4 is 15.4 Å². The van der Waals surface area contributed by atoms with Crippen LogP contribution in [-0.2, 0) is 0 Å². The van der Waals surface area contributed by atoms with Gasteiger partial charge in [-0.2, -0.15) is 0 Å². The Bertz CT molecular complexity index is 737. The number of benzene rings is 2. The van der Waals surface area contributed by atoms with E-state index in [9.17, 15) is 9.59 Å². The molecule has 124 valence electrons. The van der Waals surface area contributed by atoms with Gasteiger partial charge in [-0.15, -0.1) is 0 Å². The summed E-state index contributed by atoms with van der Waals surface area (Å²) in [5.74, 6) is 1.47. The van der Waals surface area contributed by atoms with Gasteiger partial charge in [-0.05, 0) is 62.1 Å². The number of rotatable bonds is 6. The van der Waals surface area contributed by atoms with E-state index in [1.165, 1.54) is 19.8 Å². The van der Waals surface area contributed by atoms with Gasteiger partial charge in [0.05, 0.1) is 6.61 Å². The Morgan fingerprint density at radius 3 is 2.42 bits per heavy atom. The number of ketones is 1. The van der Waals surface area contributed by atoms with Crippen molar-refractivity contribution in [1.29, 1.82) is 0 Å². The van der Waals surface area contributed by atoms with E-state index in [1.54, 1.807) is 36.4 Å². The standard InChI is InChI=1S/C19H20N2O3/c1-13(22)15-3-2-4-17(11-15)21-19(23)20-16-7-9-18(10-8-16)24-12-14-5-6-14/h2-4,7-11,14H,5-6,12H2,1H3,(H2,20,21,23). The third kappa shape index (κ3) is 4.59. The molecule has 0 aromatic heterocycles. The summed E-state index contributed by atoms with van der Waals surface area (Å²) in [7, 11) is 0. The maximum Gasteiger partial charge on any atom is 0.323 e. The summed E-state index contributed by atoms with van der Waals surface area (Å²) in [5.41, 5.74) is 1.81. The third-order valence-electron chi connectivity index (χ3n) is 3.82. The summed E-state index contributed by atoms with van der Waals surface area (Å²) < 4.78 is 5.66. The van der Waals surface area contributed by atoms with Gasteiger partial charge in [0, 0.05) is 16.9 Å². The van der Waals surface area contributed by atoms with Gasteiger partial charge in [0.15, 0.2) is 5.78 Å². The van der Waals surface area contributed by atoms with Crippen LogP contribution in [0.15, 0.2) is 48.5 Å². The molecule has 1 fully saturated rings. The molecule has 24 heavy (non-hydrogen) atoms. The zero-order valence-corrected chi connectivity index (χ0v) is 13.5. The molecule has 0 heterocycles. The lowest BCUT2D eigenvalue weighted by molar-refractivity contribution is 0.101. The van der Waals surface area contributed by atoms with Gasteiger partial charge in [-0.25, -0.2) is 4.79 Å². The summed E-state index contributed by atoms with van der Waals surface area (Å²) in [6.45, 7) is 2.26. The quantitative estimate of drug-likeness (QED) is 0.778. The highest BCUT2D eigenvalue weighted by Gasteiger charge is 2.21. The molecule has 2 N–H and O–H groups in total. The molecule has 0 aliphatic heterocycles. The molecule has 0 saturated heterocycles. The summed E-state index contributed by atoms with van der Waals surface area (Å²) >= 11 is 0. The smallest absolute Gasteiger partial charge is 0.323 e. The van der Waals surface area contributed by atoms with E-state index in [1.807, 2.05) is 12.1 Å². The van der Waals surface area contributed by atoms with Crippen molar-refractivity contribution in [2.75, 3.05) is 17.2 Å². The van der Waals surface area contributed by atoms with Crippen LogP contribution in [0.4, 0.5) is 16.2 Å². The number of urea groups is 1. The predicted molar refractivity (Wildman–Crippen MR) is 93.7 cm³/mol. The van der Waals surface area contributed by atoms with E-state index >= 15 is 0 Å². The second-order valence-electron chi connectivity index (χ2n) is 5.99. The van der Waals surface area contributed by atoms with Crippen LogP contribution in [0.25, 0.3) is 0 Å². The Morgan fingerprint density at radius 1 is 1.04 bits per heavy atom. The van der Waals surface area contributed by atoms with Crippen molar-refractivity contribution < 1.29 is 14.3 Å². The second-order valence-corrected chi connectivity index (χ2v) is 5.99. The van der Waals surface area contributed by atoms with E-state index < -0.39 is 0 Å². The van der Waals surface area contributed by atoms with Crippen LogP contribution in [-0.4, -0.2) is 18.4 Å². The molecular weight excluding hydrogens is 304 g/mol. The molecule has 1 saturated carbocycles.